The van der Waals surface area contributed by atoms with Gasteiger partial charge in [-0.1, -0.05) is 54.6 Å². The highest BCUT2D eigenvalue weighted by Crippen LogP contribution is 2.36. The third-order valence-electron chi connectivity index (χ3n) is 6.27. The molecule has 1 N–H and O–H groups in total. The second-order valence-electron chi connectivity index (χ2n) is 8.19. The van der Waals surface area contributed by atoms with Crippen LogP contribution < -0.4 is 5.56 Å². The number of aromatic nitrogens is 2. The Bertz CT molecular complexity index is 1380. The fourth-order valence-corrected chi connectivity index (χ4v) is 4.57. The zero-order valence-electron chi connectivity index (χ0n) is 18.1. The Balaban J connectivity index is 1.70. The molecule has 0 fully saturated rings. The molecule has 1 aliphatic rings. The zero-order valence-corrected chi connectivity index (χ0v) is 18.1. The van der Waals surface area contributed by atoms with Crippen molar-refractivity contribution >= 4 is 5.97 Å². The molecule has 0 bridgehead atoms. The molecule has 0 spiro atoms. The maximum Gasteiger partial charge on any atom is 0.354 e. The van der Waals surface area contributed by atoms with Crippen LogP contribution in [0.2, 0.25) is 0 Å². The van der Waals surface area contributed by atoms with Gasteiger partial charge in [0, 0.05) is 12.1 Å². The molecule has 4 aromatic rings. The molecule has 0 amide bonds. The molecule has 0 radical (unpaired) electrons. The van der Waals surface area contributed by atoms with Crippen LogP contribution in [0.25, 0.3) is 22.5 Å². The number of H-pyrrole nitrogens is 1. The molecular formula is C27H24N2O3. The maximum absolute atomic E-state index is 13.1. The standard InChI is InChI=1S/C27H24N2O3/c1-17-8-6-7-11-21(17)16-29-23(27(31)32-2)15-20-13-12-19-14-22(18-9-4-3-5-10-18)26(30)28-24(19)25(20)29/h3-11,14-15H,12-13,16H2,1-2H3,(H,28,30). The van der Waals surface area contributed by atoms with Crippen LogP contribution in [-0.4, -0.2) is 22.6 Å². The predicted octanol–water partition coefficient (Wildman–Crippen LogP) is 4.75. The van der Waals surface area contributed by atoms with Crippen LogP contribution in [0.5, 0.6) is 0 Å². The maximum atomic E-state index is 13.1. The van der Waals surface area contributed by atoms with Crippen LogP contribution in [0.1, 0.15) is 32.7 Å². The monoisotopic (exact) mass is 424 g/mol. The van der Waals surface area contributed by atoms with E-state index in [0.717, 1.165) is 52.0 Å². The first-order chi connectivity index (χ1) is 15.6. The van der Waals surface area contributed by atoms with Crippen molar-refractivity contribution in [3.63, 3.8) is 0 Å². The second-order valence-corrected chi connectivity index (χ2v) is 8.19. The zero-order chi connectivity index (χ0) is 22.2. The molecule has 5 heteroatoms. The van der Waals surface area contributed by atoms with Crippen LogP contribution in [0, 0.1) is 6.92 Å². The van der Waals surface area contributed by atoms with Crippen molar-refractivity contribution in [2.45, 2.75) is 26.3 Å². The second kappa shape index (κ2) is 8.00. The number of pyridine rings is 1. The summed E-state index contributed by atoms with van der Waals surface area (Å²) >= 11 is 0. The molecule has 0 saturated carbocycles. The number of esters is 1. The van der Waals surface area contributed by atoms with E-state index >= 15 is 0 Å². The van der Waals surface area contributed by atoms with Crippen molar-refractivity contribution in [1.82, 2.24) is 9.55 Å². The lowest BCUT2D eigenvalue weighted by atomic mass is 9.92. The lowest BCUT2D eigenvalue weighted by Crippen LogP contribution is -2.19. The van der Waals surface area contributed by atoms with Crippen LogP contribution in [-0.2, 0) is 24.1 Å². The average molecular weight is 425 g/mol. The molecule has 32 heavy (non-hydrogen) atoms. The van der Waals surface area contributed by atoms with Crippen molar-refractivity contribution in [3.8, 4) is 22.5 Å². The largest absolute Gasteiger partial charge is 0.464 e. The number of carbonyl (C=O) groups excluding carboxylic acids is 1. The molecule has 2 aromatic heterocycles. The summed E-state index contributed by atoms with van der Waals surface area (Å²) < 4.78 is 7.07. The Morgan fingerprint density at radius 3 is 2.47 bits per heavy atom. The first kappa shape index (κ1) is 20.1. The number of aromatic amines is 1. The number of methoxy groups -OCH3 is 1. The number of hydrogen-bond donors (Lipinski definition) is 1. The normalized spacial score (nSPS) is 12.2. The lowest BCUT2D eigenvalue weighted by Gasteiger charge is -2.21. The van der Waals surface area contributed by atoms with E-state index in [-0.39, 0.29) is 11.5 Å². The Kier molecular flexibility index (Phi) is 5.02. The molecule has 2 aromatic carbocycles. The topological polar surface area (TPSA) is 64.1 Å². The number of fused-ring (bicyclic) bond motifs is 3. The summed E-state index contributed by atoms with van der Waals surface area (Å²) in [6.07, 6.45) is 1.60. The summed E-state index contributed by atoms with van der Waals surface area (Å²) in [5.74, 6) is -0.377. The molecule has 160 valence electrons. The Hall–Kier alpha value is -3.86. The summed E-state index contributed by atoms with van der Waals surface area (Å²) in [6, 6.07) is 21.7. The molecule has 2 heterocycles. The van der Waals surface area contributed by atoms with Gasteiger partial charge in [0.15, 0.2) is 0 Å². The highest BCUT2D eigenvalue weighted by molar-refractivity contribution is 5.90. The molecule has 0 aliphatic heterocycles. The minimum absolute atomic E-state index is 0.133. The predicted molar refractivity (Wildman–Crippen MR) is 125 cm³/mol. The molecule has 1 aliphatic carbocycles. The number of carbonyl (C=O) groups is 1. The fourth-order valence-electron chi connectivity index (χ4n) is 4.57. The molecule has 0 unspecified atom stereocenters. The molecule has 5 nitrogen and oxygen atoms in total. The fraction of sp³-hybridized carbons (Fsp3) is 0.185. The Labute approximate surface area is 186 Å². The summed E-state index contributed by atoms with van der Waals surface area (Å²) in [6.45, 7) is 2.58. The van der Waals surface area contributed by atoms with Gasteiger partial charge in [0.2, 0.25) is 0 Å². The summed E-state index contributed by atoms with van der Waals surface area (Å²) in [5.41, 5.74) is 8.01. The minimum Gasteiger partial charge on any atom is -0.464 e. The smallest absolute Gasteiger partial charge is 0.354 e. The summed E-state index contributed by atoms with van der Waals surface area (Å²) in [7, 11) is 1.40. The van der Waals surface area contributed by atoms with Gasteiger partial charge >= 0.3 is 5.97 Å². The van der Waals surface area contributed by atoms with E-state index in [1.165, 1.54) is 7.11 Å². The molecular weight excluding hydrogens is 400 g/mol. The van der Waals surface area contributed by atoms with Crippen molar-refractivity contribution in [2.75, 3.05) is 7.11 Å². The minimum atomic E-state index is -0.377. The van der Waals surface area contributed by atoms with Crippen molar-refractivity contribution in [2.24, 2.45) is 0 Å². The quantitative estimate of drug-likeness (QED) is 0.481. The highest BCUT2D eigenvalue weighted by Gasteiger charge is 2.27. The lowest BCUT2D eigenvalue weighted by molar-refractivity contribution is 0.0589. The van der Waals surface area contributed by atoms with Gasteiger partial charge in [0.1, 0.15) is 5.69 Å². The molecule has 5 rings (SSSR count). The number of hydrogen-bond acceptors (Lipinski definition) is 3. The first-order valence-corrected chi connectivity index (χ1v) is 10.7. The van der Waals surface area contributed by atoms with Gasteiger partial charge in [0.25, 0.3) is 5.56 Å². The van der Waals surface area contributed by atoms with Gasteiger partial charge in [0.05, 0.1) is 18.5 Å². The third kappa shape index (κ3) is 3.36. The van der Waals surface area contributed by atoms with E-state index in [0.29, 0.717) is 17.8 Å². The van der Waals surface area contributed by atoms with Crippen LogP contribution in [0.15, 0.2) is 71.5 Å². The Morgan fingerprint density at radius 2 is 1.72 bits per heavy atom. The van der Waals surface area contributed by atoms with Gasteiger partial charge in [-0.25, -0.2) is 4.79 Å². The highest BCUT2D eigenvalue weighted by atomic mass is 16.5. The number of ether oxygens (including phenoxy) is 1. The van der Waals surface area contributed by atoms with Gasteiger partial charge in [-0.05, 0) is 59.7 Å². The average Bonchev–Trinajstić information content (AvgIpc) is 3.19. The molecule has 0 saturated heterocycles. The number of benzene rings is 2. The van der Waals surface area contributed by atoms with E-state index < -0.39 is 0 Å². The van der Waals surface area contributed by atoms with E-state index in [4.69, 9.17) is 4.74 Å². The third-order valence-corrected chi connectivity index (χ3v) is 6.27. The first-order valence-electron chi connectivity index (χ1n) is 10.7. The Morgan fingerprint density at radius 1 is 1.00 bits per heavy atom. The van der Waals surface area contributed by atoms with Crippen molar-refractivity contribution < 1.29 is 9.53 Å². The van der Waals surface area contributed by atoms with Crippen LogP contribution >= 0.6 is 0 Å². The van der Waals surface area contributed by atoms with Crippen molar-refractivity contribution in [3.05, 3.63) is 105 Å². The van der Waals surface area contributed by atoms with E-state index in [2.05, 4.69) is 24.0 Å². The van der Waals surface area contributed by atoms with E-state index in [1.54, 1.807) is 0 Å². The summed E-state index contributed by atoms with van der Waals surface area (Å²) in [4.78, 5) is 28.8. The van der Waals surface area contributed by atoms with E-state index in [1.807, 2.05) is 59.2 Å². The van der Waals surface area contributed by atoms with Crippen LogP contribution in [0.4, 0.5) is 0 Å². The van der Waals surface area contributed by atoms with E-state index in [9.17, 15) is 9.59 Å². The van der Waals surface area contributed by atoms with Crippen LogP contribution in [0.3, 0.4) is 0 Å². The number of nitrogens with zero attached hydrogens (tertiary/aromatic N) is 1. The number of rotatable bonds is 4. The number of nitrogens with one attached hydrogen (secondary N) is 1. The summed E-state index contributed by atoms with van der Waals surface area (Å²) in [5, 5.41) is 0. The SMILES string of the molecule is COC(=O)c1cc2c(n1Cc1ccccc1C)-c1[nH]c(=O)c(-c3ccccc3)cc1CC2. The van der Waals surface area contributed by atoms with Gasteiger partial charge in [-0.3, -0.25) is 4.79 Å². The van der Waals surface area contributed by atoms with Gasteiger partial charge < -0.3 is 14.3 Å². The number of aryl methyl sites for hydroxylation is 3. The van der Waals surface area contributed by atoms with Gasteiger partial charge in [-0.2, -0.15) is 0 Å². The molecule has 0 atom stereocenters. The van der Waals surface area contributed by atoms with Crippen molar-refractivity contribution in [1.29, 1.82) is 0 Å². The van der Waals surface area contributed by atoms with Gasteiger partial charge in [-0.15, -0.1) is 0 Å².